The van der Waals surface area contributed by atoms with Crippen molar-refractivity contribution in [3.63, 3.8) is 0 Å². The van der Waals surface area contributed by atoms with Crippen molar-refractivity contribution < 1.29 is 0 Å². The van der Waals surface area contributed by atoms with Crippen molar-refractivity contribution in [1.29, 1.82) is 0 Å². The minimum Gasteiger partial charge on any atom is -0.362 e. The summed E-state index contributed by atoms with van der Waals surface area (Å²) in [6.07, 6.45) is 2.94. The second kappa shape index (κ2) is 12.1. The zero-order valence-corrected chi connectivity index (χ0v) is 20.8. The van der Waals surface area contributed by atoms with Gasteiger partial charge < -0.3 is 15.5 Å². The van der Waals surface area contributed by atoms with Gasteiger partial charge in [0.25, 0.3) is 0 Å². The number of benzene rings is 1. The van der Waals surface area contributed by atoms with E-state index in [-0.39, 0.29) is 24.0 Å². The zero-order chi connectivity index (χ0) is 20.6. The molecular formula is C23H35IN6. The van der Waals surface area contributed by atoms with E-state index in [2.05, 4.69) is 70.8 Å². The summed E-state index contributed by atoms with van der Waals surface area (Å²) in [5.41, 5.74) is 2.49. The molecule has 7 heteroatoms. The third kappa shape index (κ3) is 6.84. The number of likely N-dealkylation sites (tertiary alicyclic amines) is 1. The number of hydrogen-bond donors (Lipinski definition) is 2. The molecule has 0 amide bonds. The van der Waals surface area contributed by atoms with Gasteiger partial charge in [0.1, 0.15) is 5.82 Å². The maximum absolute atomic E-state index is 4.83. The van der Waals surface area contributed by atoms with Crippen molar-refractivity contribution >= 4 is 35.8 Å². The number of halogens is 1. The second-order valence-corrected chi connectivity index (χ2v) is 7.92. The third-order valence-corrected chi connectivity index (χ3v) is 5.32. The van der Waals surface area contributed by atoms with E-state index in [4.69, 9.17) is 4.99 Å². The van der Waals surface area contributed by atoms with Crippen LogP contribution in [-0.4, -0.2) is 55.1 Å². The first-order valence-corrected chi connectivity index (χ1v) is 10.5. The van der Waals surface area contributed by atoms with Gasteiger partial charge in [-0.25, -0.2) is 9.98 Å². The number of aromatic nitrogens is 1. The van der Waals surface area contributed by atoms with E-state index in [0.29, 0.717) is 18.6 Å². The summed E-state index contributed by atoms with van der Waals surface area (Å²) < 4.78 is 0. The molecule has 1 aliphatic heterocycles. The number of aliphatic imine (C=N–C) groups is 1. The smallest absolute Gasteiger partial charge is 0.191 e. The average molecular weight is 522 g/mol. The minimum absolute atomic E-state index is 0. The minimum atomic E-state index is 0. The summed E-state index contributed by atoms with van der Waals surface area (Å²) in [6.45, 7) is 7.88. The molecule has 6 nitrogen and oxygen atoms in total. The lowest BCUT2D eigenvalue weighted by atomic mass is 10.2. The topological polar surface area (TPSA) is 55.8 Å². The van der Waals surface area contributed by atoms with Crippen molar-refractivity contribution in [1.82, 2.24) is 20.5 Å². The highest BCUT2D eigenvalue weighted by atomic mass is 127. The summed E-state index contributed by atoms with van der Waals surface area (Å²) in [4.78, 5) is 13.9. The molecule has 0 saturated carbocycles. The van der Waals surface area contributed by atoms with E-state index >= 15 is 0 Å². The molecule has 2 unspecified atom stereocenters. The molecular weight excluding hydrogens is 487 g/mol. The van der Waals surface area contributed by atoms with Crippen LogP contribution in [0, 0.1) is 0 Å². The first kappa shape index (κ1) is 24.4. The number of hydrogen-bond acceptors (Lipinski definition) is 4. The lowest BCUT2D eigenvalue weighted by Gasteiger charge is -2.21. The normalized spacial score (nSPS) is 19.3. The number of pyridine rings is 1. The standard InChI is InChI=1S/C23H34N6.HI/c1-5-24-23(26-15-20-12-9-13-25-22(20)28(3)4)27-21-14-18(2)29(17-21)16-19-10-7-6-8-11-19;/h6-13,18,21H,5,14-17H2,1-4H3,(H2,24,26,27);1H. The van der Waals surface area contributed by atoms with E-state index in [1.54, 1.807) is 0 Å². The Morgan fingerprint density at radius 2 is 1.97 bits per heavy atom. The van der Waals surface area contributed by atoms with E-state index in [0.717, 1.165) is 43.4 Å². The van der Waals surface area contributed by atoms with Crippen LogP contribution in [0.25, 0.3) is 0 Å². The van der Waals surface area contributed by atoms with Gasteiger partial charge in [0.05, 0.1) is 6.54 Å². The lowest BCUT2D eigenvalue weighted by molar-refractivity contribution is 0.258. The largest absolute Gasteiger partial charge is 0.362 e. The maximum atomic E-state index is 4.83. The Morgan fingerprint density at radius 3 is 2.67 bits per heavy atom. The third-order valence-electron chi connectivity index (χ3n) is 5.32. The second-order valence-electron chi connectivity index (χ2n) is 7.92. The quantitative estimate of drug-likeness (QED) is 0.332. The van der Waals surface area contributed by atoms with Gasteiger partial charge in [-0.05, 0) is 31.9 Å². The van der Waals surface area contributed by atoms with Crippen molar-refractivity contribution in [2.75, 3.05) is 32.1 Å². The van der Waals surface area contributed by atoms with Gasteiger partial charge in [0.15, 0.2) is 5.96 Å². The highest BCUT2D eigenvalue weighted by Crippen LogP contribution is 2.20. The van der Waals surface area contributed by atoms with E-state index in [1.165, 1.54) is 5.56 Å². The number of nitrogens with zero attached hydrogens (tertiary/aromatic N) is 4. The van der Waals surface area contributed by atoms with Crippen LogP contribution in [-0.2, 0) is 13.1 Å². The fourth-order valence-electron chi connectivity index (χ4n) is 3.88. The number of guanidine groups is 1. The van der Waals surface area contributed by atoms with E-state index < -0.39 is 0 Å². The van der Waals surface area contributed by atoms with Gasteiger partial charge in [0, 0.05) is 57.6 Å². The summed E-state index contributed by atoms with van der Waals surface area (Å²) in [6, 6.07) is 15.7. The fourth-order valence-corrected chi connectivity index (χ4v) is 3.88. The van der Waals surface area contributed by atoms with Crippen LogP contribution >= 0.6 is 24.0 Å². The summed E-state index contributed by atoms with van der Waals surface area (Å²) in [5.74, 6) is 1.84. The molecule has 2 atom stereocenters. The molecule has 1 aliphatic rings. The SMILES string of the molecule is CCNC(=NCc1cccnc1N(C)C)NC1CC(C)N(Cc2ccccc2)C1.I. The summed E-state index contributed by atoms with van der Waals surface area (Å²) >= 11 is 0. The van der Waals surface area contributed by atoms with Crippen LogP contribution < -0.4 is 15.5 Å². The van der Waals surface area contributed by atoms with Crippen LogP contribution in [0.3, 0.4) is 0 Å². The summed E-state index contributed by atoms with van der Waals surface area (Å²) in [7, 11) is 4.03. The Bertz CT molecular complexity index is 795. The number of nitrogens with one attached hydrogen (secondary N) is 2. The van der Waals surface area contributed by atoms with Crippen LogP contribution in [0.2, 0.25) is 0 Å². The molecule has 0 radical (unpaired) electrons. The Kier molecular flexibility index (Phi) is 9.84. The van der Waals surface area contributed by atoms with Gasteiger partial charge in [-0.1, -0.05) is 36.4 Å². The molecule has 1 fully saturated rings. The molecule has 2 heterocycles. The van der Waals surface area contributed by atoms with Gasteiger partial charge in [-0.3, -0.25) is 4.90 Å². The molecule has 2 N–H and O–H groups in total. The first-order chi connectivity index (χ1) is 14.1. The lowest BCUT2D eigenvalue weighted by Crippen LogP contribution is -2.44. The molecule has 0 spiro atoms. The molecule has 30 heavy (non-hydrogen) atoms. The Morgan fingerprint density at radius 1 is 1.20 bits per heavy atom. The van der Waals surface area contributed by atoms with Crippen LogP contribution in [0.15, 0.2) is 53.7 Å². The molecule has 2 aromatic rings. The molecule has 1 aromatic carbocycles. The molecule has 3 rings (SSSR count). The predicted octanol–water partition coefficient (Wildman–Crippen LogP) is 3.48. The summed E-state index contributed by atoms with van der Waals surface area (Å²) in [5, 5.41) is 7.04. The van der Waals surface area contributed by atoms with Crippen LogP contribution in [0.5, 0.6) is 0 Å². The van der Waals surface area contributed by atoms with Crippen molar-refractivity contribution in [2.24, 2.45) is 4.99 Å². The van der Waals surface area contributed by atoms with E-state index in [9.17, 15) is 0 Å². The van der Waals surface area contributed by atoms with Gasteiger partial charge in [0.2, 0.25) is 0 Å². The monoisotopic (exact) mass is 522 g/mol. The Hall–Kier alpha value is -1.87. The Balaban J connectivity index is 0.00000320. The van der Waals surface area contributed by atoms with Gasteiger partial charge in [-0.2, -0.15) is 0 Å². The zero-order valence-electron chi connectivity index (χ0n) is 18.5. The van der Waals surface area contributed by atoms with Gasteiger partial charge in [-0.15, -0.1) is 24.0 Å². The highest BCUT2D eigenvalue weighted by molar-refractivity contribution is 14.0. The van der Waals surface area contributed by atoms with Crippen molar-refractivity contribution in [2.45, 2.75) is 45.4 Å². The van der Waals surface area contributed by atoms with Crippen molar-refractivity contribution in [3.8, 4) is 0 Å². The molecule has 1 aromatic heterocycles. The molecule has 0 aliphatic carbocycles. The molecule has 164 valence electrons. The number of anilines is 1. The highest BCUT2D eigenvalue weighted by Gasteiger charge is 2.29. The fraction of sp³-hybridized carbons (Fsp3) is 0.478. The predicted molar refractivity (Wildman–Crippen MR) is 137 cm³/mol. The van der Waals surface area contributed by atoms with Gasteiger partial charge >= 0.3 is 0 Å². The van der Waals surface area contributed by atoms with Crippen molar-refractivity contribution in [3.05, 3.63) is 59.8 Å². The van der Waals surface area contributed by atoms with E-state index in [1.807, 2.05) is 31.3 Å². The Labute approximate surface area is 198 Å². The van der Waals surface area contributed by atoms with Crippen LogP contribution in [0.4, 0.5) is 5.82 Å². The van der Waals surface area contributed by atoms with Crippen LogP contribution in [0.1, 0.15) is 31.4 Å². The molecule has 1 saturated heterocycles. The molecule has 0 bridgehead atoms. The maximum Gasteiger partial charge on any atom is 0.191 e. The number of rotatable bonds is 7. The average Bonchev–Trinajstić information content (AvgIpc) is 3.06. The first-order valence-electron chi connectivity index (χ1n) is 10.5.